The van der Waals surface area contributed by atoms with Gasteiger partial charge in [-0.1, -0.05) is 11.3 Å². The first-order valence-corrected chi connectivity index (χ1v) is 7.02. The first-order chi connectivity index (χ1) is 9.65. The number of ether oxygens (including phenoxy) is 1. The van der Waals surface area contributed by atoms with E-state index < -0.39 is 6.04 Å². The van der Waals surface area contributed by atoms with Crippen molar-refractivity contribution in [3.8, 4) is 5.75 Å². The Hall–Kier alpha value is -2.15. The molecule has 1 unspecified atom stereocenters. The zero-order valence-corrected chi connectivity index (χ0v) is 11.6. The summed E-state index contributed by atoms with van der Waals surface area (Å²) >= 11 is 1.46. The Bertz CT molecular complexity index is 683. The van der Waals surface area contributed by atoms with Crippen LogP contribution >= 0.6 is 11.3 Å². The number of methoxy groups -OCH3 is 1. The Morgan fingerprint density at radius 1 is 1.45 bits per heavy atom. The molecule has 2 N–H and O–H groups in total. The molecule has 20 heavy (non-hydrogen) atoms. The number of thiazole rings is 1. The number of anilines is 1. The maximum atomic E-state index is 11.7. The Morgan fingerprint density at radius 2 is 2.30 bits per heavy atom. The highest BCUT2D eigenvalue weighted by molar-refractivity contribution is 7.22. The summed E-state index contributed by atoms with van der Waals surface area (Å²) in [6.45, 7) is 0. The van der Waals surface area contributed by atoms with Crippen LogP contribution in [0.15, 0.2) is 18.2 Å². The summed E-state index contributed by atoms with van der Waals surface area (Å²) in [5.41, 5.74) is 0.852. The molecule has 2 amide bonds. The number of piperidine rings is 1. The molecule has 1 atom stereocenters. The molecule has 7 heteroatoms. The van der Waals surface area contributed by atoms with Crippen LogP contribution in [0.5, 0.6) is 5.75 Å². The summed E-state index contributed by atoms with van der Waals surface area (Å²) in [5, 5.41) is 6.07. The van der Waals surface area contributed by atoms with Gasteiger partial charge in [0, 0.05) is 6.42 Å². The second-order valence-corrected chi connectivity index (χ2v) is 5.53. The van der Waals surface area contributed by atoms with Gasteiger partial charge in [0.2, 0.25) is 11.8 Å². The Kier molecular flexibility index (Phi) is 3.27. The second kappa shape index (κ2) is 5.09. The average Bonchev–Trinajstić information content (AvgIpc) is 2.83. The lowest BCUT2D eigenvalue weighted by molar-refractivity contribution is -0.133. The molecule has 2 aromatic rings. The van der Waals surface area contributed by atoms with Crippen molar-refractivity contribution in [2.75, 3.05) is 12.4 Å². The molecule has 0 bridgehead atoms. The fourth-order valence-electron chi connectivity index (χ4n) is 2.07. The molecule has 2 heterocycles. The van der Waals surface area contributed by atoms with E-state index >= 15 is 0 Å². The molecule has 1 aliphatic rings. The minimum Gasteiger partial charge on any atom is -0.497 e. The predicted molar refractivity (Wildman–Crippen MR) is 76.0 cm³/mol. The summed E-state index contributed by atoms with van der Waals surface area (Å²) in [6, 6.07) is 5.22. The van der Waals surface area contributed by atoms with E-state index in [1.54, 1.807) is 7.11 Å². The van der Waals surface area contributed by atoms with Crippen molar-refractivity contribution in [1.29, 1.82) is 0 Å². The van der Waals surface area contributed by atoms with Gasteiger partial charge in [-0.2, -0.15) is 0 Å². The number of hydrogen-bond acceptors (Lipinski definition) is 6. The third kappa shape index (κ3) is 2.44. The predicted octanol–water partition coefficient (Wildman–Crippen LogP) is 1.52. The molecular formula is C13H13N3O3S. The van der Waals surface area contributed by atoms with Gasteiger partial charge in [0.1, 0.15) is 11.8 Å². The summed E-state index contributed by atoms with van der Waals surface area (Å²) in [4.78, 5) is 27.2. The van der Waals surface area contributed by atoms with E-state index in [1.165, 1.54) is 11.3 Å². The number of aromatic nitrogens is 1. The number of nitrogens with one attached hydrogen (secondary N) is 2. The zero-order chi connectivity index (χ0) is 14.1. The number of fused-ring (bicyclic) bond motifs is 1. The molecule has 1 aromatic heterocycles. The molecule has 0 radical (unpaired) electrons. The van der Waals surface area contributed by atoms with Gasteiger partial charge in [0.05, 0.1) is 17.3 Å². The van der Waals surface area contributed by atoms with Crippen molar-refractivity contribution in [2.45, 2.75) is 18.9 Å². The van der Waals surface area contributed by atoms with E-state index in [1.807, 2.05) is 18.2 Å². The lowest BCUT2D eigenvalue weighted by Gasteiger charge is -2.21. The number of amides is 2. The van der Waals surface area contributed by atoms with Gasteiger partial charge in [-0.25, -0.2) is 4.98 Å². The first-order valence-electron chi connectivity index (χ1n) is 6.20. The molecule has 1 saturated heterocycles. The standard InChI is InChI=1S/C13H13N3O3S/c1-19-7-2-3-8-10(6-7)20-13(14-8)15-9-4-5-11(17)16-12(9)18/h2-3,6,9H,4-5H2,1H3,(H,14,15)(H,16,17,18). The highest BCUT2D eigenvalue weighted by Crippen LogP contribution is 2.29. The maximum Gasteiger partial charge on any atom is 0.249 e. The molecule has 0 saturated carbocycles. The third-order valence-corrected chi connectivity index (χ3v) is 4.08. The normalized spacial score (nSPS) is 18.9. The summed E-state index contributed by atoms with van der Waals surface area (Å²) < 4.78 is 6.15. The van der Waals surface area contributed by atoms with Crippen LogP contribution in [0.2, 0.25) is 0 Å². The minimum atomic E-state index is -0.407. The van der Waals surface area contributed by atoms with E-state index in [9.17, 15) is 9.59 Å². The number of imide groups is 1. The molecule has 1 aromatic carbocycles. The van der Waals surface area contributed by atoms with Gasteiger partial charge in [0.25, 0.3) is 0 Å². The maximum absolute atomic E-state index is 11.7. The van der Waals surface area contributed by atoms with Crippen LogP contribution in [-0.2, 0) is 9.59 Å². The smallest absolute Gasteiger partial charge is 0.249 e. The fraction of sp³-hybridized carbons (Fsp3) is 0.308. The van der Waals surface area contributed by atoms with Gasteiger partial charge in [-0.15, -0.1) is 0 Å². The first kappa shape index (κ1) is 12.9. The number of carbonyl (C=O) groups is 2. The Morgan fingerprint density at radius 3 is 3.05 bits per heavy atom. The summed E-state index contributed by atoms with van der Waals surface area (Å²) in [5.74, 6) is 0.258. The molecule has 3 rings (SSSR count). The van der Waals surface area contributed by atoms with Gasteiger partial charge in [-0.05, 0) is 24.6 Å². The van der Waals surface area contributed by atoms with E-state index in [-0.39, 0.29) is 11.8 Å². The van der Waals surface area contributed by atoms with Crippen molar-refractivity contribution in [3.63, 3.8) is 0 Å². The quantitative estimate of drug-likeness (QED) is 0.838. The minimum absolute atomic E-state index is 0.220. The van der Waals surface area contributed by atoms with Gasteiger partial charge >= 0.3 is 0 Å². The van der Waals surface area contributed by atoms with Gasteiger partial charge < -0.3 is 10.1 Å². The van der Waals surface area contributed by atoms with E-state index in [0.717, 1.165) is 16.0 Å². The summed E-state index contributed by atoms with van der Waals surface area (Å²) in [7, 11) is 1.62. The van der Waals surface area contributed by atoms with Crippen molar-refractivity contribution < 1.29 is 14.3 Å². The monoisotopic (exact) mass is 291 g/mol. The Balaban J connectivity index is 1.80. The number of benzene rings is 1. The van der Waals surface area contributed by atoms with Crippen molar-refractivity contribution in [2.24, 2.45) is 0 Å². The number of carbonyl (C=O) groups excluding carboxylic acids is 2. The summed E-state index contributed by atoms with van der Waals surface area (Å²) in [6.07, 6.45) is 0.839. The molecular weight excluding hydrogens is 278 g/mol. The van der Waals surface area contributed by atoms with Crippen molar-refractivity contribution in [3.05, 3.63) is 18.2 Å². The van der Waals surface area contributed by atoms with Crippen LogP contribution in [0, 0.1) is 0 Å². The van der Waals surface area contributed by atoms with E-state index in [4.69, 9.17) is 4.74 Å². The average molecular weight is 291 g/mol. The van der Waals surface area contributed by atoms with Crippen molar-refractivity contribution in [1.82, 2.24) is 10.3 Å². The molecule has 104 valence electrons. The van der Waals surface area contributed by atoms with E-state index in [2.05, 4.69) is 15.6 Å². The molecule has 0 spiro atoms. The number of nitrogens with zero attached hydrogens (tertiary/aromatic N) is 1. The number of rotatable bonds is 3. The van der Waals surface area contributed by atoms with Crippen LogP contribution in [0.25, 0.3) is 10.2 Å². The van der Waals surface area contributed by atoms with Gasteiger partial charge in [0.15, 0.2) is 5.13 Å². The van der Waals surface area contributed by atoms with Crippen LogP contribution < -0.4 is 15.4 Å². The van der Waals surface area contributed by atoms with E-state index in [0.29, 0.717) is 18.0 Å². The number of hydrogen-bond donors (Lipinski definition) is 2. The highest BCUT2D eigenvalue weighted by Gasteiger charge is 2.27. The molecule has 0 aliphatic carbocycles. The second-order valence-electron chi connectivity index (χ2n) is 4.50. The lowest BCUT2D eigenvalue weighted by atomic mass is 10.1. The van der Waals surface area contributed by atoms with Crippen LogP contribution in [0.4, 0.5) is 5.13 Å². The molecule has 6 nitrogen and oxygen atoms in total. The Labute approximate surface area is 119 Å². The van der Waals surface area contributed by atoms with Crippen LogP contribution in [0.3, 0.4) is 0 Å². The SMILES string of the molecule is COc1ccc2nc(NC3CCC(=O)NC3=O)sc2c1. The van der Waals surface area contributed by atoms with Crippen molar-refractivity contribution >= 4 is 38.5 Å². The third-order valence-electron chi connectivity index (χ3n) is 3.13. The highest BCUT2D eigenvalue weighted by atomic mass is 32.1. The molecule has 1 fully saturated rings. The molecule has 1 aliphatic heterocycles. The largest absolute Gasteiger partial charge is 0.497 e. The van der Waals surface area contributed by atoms with Crippen LogP contribution in [-0.4, -0.2) is 29.9 Å². The van der Waals surface area contributed by atoms with Crippen LogP contribution in [0.1, 0.15) is 12.8 Å². The topological polar surface area (TPSA) is 80.3 Å². The fourth-order valence-corrected chi connectivity index (χ4v) is 3.02. The lowest BCUT2D eigenvalue weighted by Crippen LogP contribution is -2.47. The zero-order valence-electron chi connectivity index (χ0n) is 10.8. The van der Waals surface area contributed by atoms with Gasteiger partial charge in [-0.3, -0.25) is 14.9 Å².